The Kier molecular flexibility index (Phi) is 4.82. The van der Waals surface area contributed by atoms with Crippen molar-refractivity contribution < 1.29 is 8.78 Å². The molecule has 2 N–H and O–H groups in total. The SMILES string of the molecule is CCC(CC)(C(N)c1ccc(F)c(F)c1)N(C)C. The lowest BCUT2D eigenvalue weighted by molar-refractivity contribution is 0.105. The maximum Gasteiger partial charge on any atom is 0.159 e. The summed E-state index contributed by atoms with van der Waals surface area (Å²) in [7, 11) is 3.93. The molecular weight excluding hydrogens is 234 g/mol. The van der Waals surface area contributed by atoms with E-state index in [9.17, 15) is 8.78 Å². The van der Waals surface area contributed by atoms with Gasteiger partial charge in [0.25, 0.3) is 0 Å². The molecule has 2 nitrogen and oxygen atoms in total. The molecule has 18 heavy (non-hydrogen) atoms. The molecule has 1 aromatic rings. The third-order valence-electron chi connectivity index (χ3n) is 4.00. The Morgan fingerprint density at radius 2 is 1.72 bits per heavy atom. The van der Waals surface area contributed by atoms with E-state index in [1.165, 1.54) is 6.07 Å². The largest absolute Gasteiger partial charge is 0.322 e. The van der Waals surface area contributed by atoms with E-state index in [-0.39, 0.29) is 11.6 Å². The molecule has 0 saturated carbocycles. The molecule has 1 aromatic carbocycles. The minimum Gasteiger partial charge on any atom is -0.322 e. The van der Waals surface area contributed by atoms with Crippen LogP contribution >= 0.6 is 0 Å². The normalized spacial score (nSPS) is 14.0. The minimum absolute atomic E-state index is 0.246. The van der Waals surface area contributed by atoms with E-state index in [0.29, 0.717) is 5.56 Å². The molecule has 0 aliphatic rings. The summed E-state index contributed by atoms with van der Waals surface area (Å²) in [6.45, 7) is 4.12. The fourth-order valence-corrected chi connectivity index (χ4v) is 2.62. The predicted octanol–water partition coefficient (Wildman–Crippen LogP) is 3.09. The summed E-state index contributed by atoms with van der Waals surface area (Å²) in [5.41, 5.74) is 6.67. The average molecular weight is 256 g/mol. The quantitative estimate of drug-likeness (QED) is 0.877. The lowest BCUT2D eigenvalue weighted by Crippen LogP contribution is -2.51. The molecule has 0 saturated heterocycles. The Labute approximate surface area is 108 Å². The Bertz CT molecular complexity index is 401. The average Bonchev–Trinajstić information content (AvgIpc) is 2.34. The molecule has 102 valence electrons. The standard InChI is InChI=1S/C14H22F2N2/c1-5-14(6-2,18(3)4)13(17)10-7-8-11(15)12(16)9-10/h7-9,13H,5-6,17H2,1-4H3. The van der Waals surface area contributed by atoms with Gasteiger partial charge in [0.05, 0.1) is 0 Å². The van der Waals surface area contributed by atoms with Gasteiger partial charge >= 0.3 is 0 Å². The molecule has 1 atom stereocenters. The highest BCUT2D eigenvalue weighted by Crippen LogP contribution is 2.34. The van der Waals surface area contributed by atoms with Crippen LogP contribution in [0.5, 0.6) is 0 Å². The van der Waals surface area contributed by atoms with E-state index in [1.54, 1.807) is 6.07 Å². The van der Waals surface area contributed by atoms with Crippen LogP contribution in [0.25, 0.3) is 0 Å². The van der Waals surface area contributed by atoms with Crippen molar-refractivity contribution >= 4 is 0 Å². The van der Waals surface area contributed by atoms with Gasteiger partial charge in [-0.1, -0.05) is 19.9 Å². The zero-order chi connectivity index (χ0) is 13.9. The lowest BCUT2D eigenvalue weighted by atomic mass is 9.80. The first-order valence-corrected chi connectivity index (χ1v) is 6.27. The molecule has 4 heteroatoms. The number of hydrogen-bond acceptors (Lipinski definition) is 2. The number of halogens is 2. The van der Waals surface area contributed by atoms with Crippen molar-refractivity contribution in [2.75, 3.05) is 14.1 Å². The van der Waals surface area contributed by atoms with Crippen molar-refractivity contribution in [2.45, 2.75) is 38.3 Å². The van der Waals surface area contributed by atoms with Crippen LogP contribution in [-0.2, 0) is 0 Å². The number of nitrogens with zero attached hydrogens (tertiary/aromatic N) is 1. The summed E-state index contributed by atoms with van der Waals surface area (Å²) in [5.74, 6) is -1.68. The zero-order valence-corrected chi connectivity index (χ0v) is 11.5. The van der Waals surface area contributed by atoms with Crippen molar-refractivity contribution in [1.82, 2.24) is 4.90 Å². The Morgan fingerprint density at radius 1 is 1.17 bits per heavy atom. The monoisotopic (exact) mass is 256 g/mol. The van der Waals surface area contributed by atoms with Crippen molar-refractivity contribution in [3.05, 3.63) is 35.4 Å². The van der Waals surface area contributed by atoms with Crippen LogP contribution in [0.1, 0.15) is 38.3 Å². The van der Waals surface area contributed by atoms with E-state index in [1.807, 2.05) is 14.1 Å². The number of benzene rings is 1. The van der Waals surface area contributed by atoms with E-state index >= 15 is 0 Å². The fourth-order valence-electron chi connectivity index (χ4n) is 2.62. The van der Waals surface area contributed by atoms with E-state index in [4.69, 9.17) is 5.73 Å². The first-order valence-electron chi connectivity index (χ1n) is 6.27. The first-order chi connectivity index (χ1) is 8.39. The van der Waals surface area contributed by atoms with Gasteiger partial charge in [-0.15, -0.1) is 0 Å². The highest BCUT2D eigenvalue weighted by Gasteiger charge is 2.36. The summed E-state index contributed by atoms with van der Waals surface area (Å²) in [6.07, 6.45) is 1.69. The van der Waals surface area contributed by atoms with Gasteiger partial charge < -0.3 is 10.6 Å². The van der Waals surface area contributed by atoms with Crippen LogP contribution < -0.4 is 5.73 Å². The van der Waals surface area contributed by atoms with Gasteiger partial charge in [0.15, 0.2) is 11.6 Å². The molecule has 0 bridgehead atoms. The van der Waals surface area contributed by atoms with Crippen molar-refractivity contribution in [3.8, 4) is 0 Å². The molecule has 0 aromatic heterocycles. The van der Waals surface area contributed by atoms with Gasteiger partial charge in [0.2, 0.25) is 0 Å². The molecule has 1 rings (SSSR count). The van der Waals surface area contributed by atoms with E-state index in [2.05, 4.69) is 18.7 Å². The van der Waals surface area contributed by atoms with E-state index < -0.39 is 11.6 Å². The molecule has 0 aliphatic carbocycles. The summed E-state index contributed by atoms with van der Waals surface area (Å²) in [4.78, 5) is 2.07. The predicted molar refractivity (Wildman–Crippen MR) is 70.3 cm³/mol. The highest BCUT2D eigenvalue weighted by atomic mass is 19.2. The first kappa shape index (κ1) is 15.1. The smallest absolute Gasteiger partial charge is 0.159 e. The lowest BCUT2D eigenvalue weighted by Gasteiger charge is -2.43. The fraction of sp³-hybridized carbons (Fsp3) is 0.571. The minimum atomic E-state index is -0.845. The Morgan fingerprint density at radius 3 is 2.11 bits per heavy atom. The Hall–Kier alpha value is -1.00. The second-order valence-electron chi connectivity index (χ2n) is 4.86. The second-order valence-corrected chi connectivity index (χ2v) is 4.86. The Balaban J connectivity index is 3.17. The summed E-state index contributed by atoms with van der Waals surface area (Å²) in [5, 5.41) is 0. The van der Waals surface area contributed by atoms with Gasteiger partial charge in [-0.25, -0.2) is 8.78 Å². The summed E-state index contributed by atoms with van der Waals surface area (Å²) >= 11 is 0. The topological polar surface area (TPSA) is 29.3 Å². The third kappa shape index (κ3) is 2.54. The van der Waals surface area contributed by atoms with E-state index in [0.717, 1.165) is 18.9 Å². The molecule has 0 aliphatic heterocycles. The number of nitrogens with two attached hydrogens (primary N) is 1. The molecule has 0 heterocycles. The maximum absolute atomic E-state index is 13.3. The van der Waals surface area contributed by atoms with Gasteiger partial charge in [-0.05, 0) is 44.6 Å². The van der Waals surface area contributed by atoms with Gasteiger partial charge in [-0.2, -0.15) is 0 Å². The van der Waals surface area contributed by atoms with Crippen molar-refractivity contribution in [3.63, 3.8) is 0 Å². The third-order valence-corrected chi connectivity index (χ3v) is 4.00. The van der Waals surface area contributed by atoms with Crippen LogP contribution in [0.3, 0.4) is 0 Å². The molecular formula is C14H22F2N2. The maximum atomic E-state index is 13.3. The number of rotatable bonds is 5. The highest BCUT2D eigenvalue weighted by molar-refractivity contribution is 5.24. The summed E-state index contributed by atoms with van der Waals surface area (Å²) in [6, 6.07) is 3.55. The number of hydrogen-bond donors (Lipinski definition) is 1. The van der Waals surface area contributed by atoms with Crippen molar-refractivity contribution in [1.29, 1.82) is 0 Å². The van der Waals surface area contributed by atoms with Gasteiger partial charge in [0, 0.05) is 11.6 Å². The summed E-state index contributed by atoms with van der Waals surface area (Å²) < 4.78 is 26.2. The molecule has 0 radical (unpaired) electrons. The molecule has 1 unspecified atom stereocenters. The van der Waals surface area contributed by atoms with Gasteiger partial charge in [0.1, 0.15) is 0 Å². The second kappa shape index (κ2) is 5.76. The number of likely N-dealkylation sites (N-methyl/N-ethyl adjacent to an activating group) is 1. The molecule has 0 amide bonds. The van der Waals surface area contributed by atoms with Crippen LogP contribution in [0, 0.1) is 11.6 Å². The van der Waals surface area contributed by atoms with Crippen LogP contribution in [0.4, 0.5) is 8.78 Å². The van der Waals surface area contributed by atoms with Gasteiger partial charge in [-0.3, -0.25) is 0 Å². The van der Waals surface area contributed by atoms with Crippen LogP contribution in [0.2, 0.25) is 0 Å². The zero-order valence-electron chi connectivity index (χ0n) is 11.5. The van der Waals surface area contributed by atoms with Crippen LogP contribution in [-0.4, -0.2) is 24.5 Å². The van der Waals surface area contributed by atoms with Crippen LogP contribution in [0.15, 0.2) is 18.2 Å². The molecule has 0 spiro atoms. The molecule has 0 fully saturated rings. The van der Waals surface area contributed by atoms with Crippen molar-refractivity contribution in [2.24, 2.45) is 5.73 Å².